The van der Waals surface area contributed by atoms with Gasteiger partial charge >= 0.3 is 0 Å². The summed E-state index contributed by atoms with van der Waals surface area (Å²) in [6.07, 6.45) is 2.33. The van der Waals surface area contributed by atoms with Crippen LogP contribution in [0.4, 0.5) is 0 Å². The highest BCUT2D eigenvalue weighted by Gasteiger charge is 2.29. The lowest BCUT2D eigenvalue weighted by atomic mass is 10.1. The molecule has 23 heavy (non-hydrogen) atoms. The highest BCUT2D eigenvalue weighted by atomic mass is 32.1. The van der Waals surface area contributed by atoms with E-state index in [-0.39, 0.29) is 11.9 Å². The summed E-state index contributed by atoms with van der Waals surface area (Å²) in [6.45, 7) is 3.62. The van der Waals surface area contributed by atoms with Crippen LogP contribution in [0.5, 0.6) is 0 Å². The van der Waals surface area contributed by atoms with Gasteiger partial charge in [-0.15, -0.1) is 11.3 Å². The first-order valence-electron chi connectivity index (χ1n) is 8.25. The summed E-state index contributed by atoms with van der Waals surface area (Å²) in [5.41, 5.74) is 1.18. The van der Waals surface area contributed by atoms with E-state index in [4.69, 9.17) is 0 Å². The first-order valence-corrected chi connectivity index (χ1v) is 9.13. The van der Waals surface area contributed by atoms with E-state index in [1.807, 2.05) is 30.1 Å². The molecule has 2 heterocycles. The Bertz CT molecular complexity index is 626. The fraction of sp³-hybridized carbons (Fsp3) is 0.421. The number of thiophene rings is 1. The molecule has 0 aliphatic carbocycles. The summed E-state index contributed by atoms with van der Waals surface area (Å²) in [4.78, 5) is 18.3. The van der Waals surface area contributed by atoms with Crippen molar-refractivity contribution in [2.24, 2.45) is 0 Å². The van der Waals surface area contributed by atoms with Crippen molar-refractivity contribution in [3.05, 3.63) is 58.3 Å². The monoisotopic (exact) mass is 328 g/mol. The van der Waals surface area contributed by atoms with Gasteiger partial charge < -0.3 is 4.90 Å². The molecule has 0 spiro atoms. The van der Waals surface area contributed by atoms with Gasteiger partial charge in [-0.3, -0.25) is 9.69 Å². The minimum atomic E-state index is 0.103. The van der Waals surface area contributed by atoms with Crippen molar-refractivity contribution in [3.8, 4) is 0 Å². The van der Waals surface area contributed by atoms with Gasteiger partial charge in [-0.05, 0) is 43.3 Å². The smallest absolute Gasteiger partial charge is 0.237 e. The predicted octanol–water partition coefficient (Wildman–Crippen LogP) is 4.10. The van der Waals surface area contributed by atoms with Gasteiger partial charge in [-0.25, -0.2) is 0 Å². The van der Waals surface area contributed by atoms with E-state index >= 15 is 0 Å². The van der Waals surface area contributed by atoms with Gasteiger partial charge in [0, 0.05) is 18.0 Å². The molecule has 0 radical (unpaired) electrons. The van der Waals surface area contributed by atoms with Crippen LogP contribution in [0.15, 0.2) is 47.8 Å². The summed E-state index contributed by atoms with van der Waals surface area (Å²) in [7, 11) is 1.91. The zero-order valence-corrected chi connectivity index (χ0v) is 14.6. The van der Waals surface area contributed by atoms with Crippen LogP contribution < -0.4 is 0 Å². The maximum Gasteiger partial charge on any atom is 0.237 e. The Morgan fingerprint density at radius 2 is 2.09 bits per heavy atom. The topological polar surface area (TPSA) is 23.6 Å². The number of hydrogen-bond acceptors (Lipinski definition) is 3. The van der Waals surface area contributed by atoms with Crippen molar-refractivity contribution in [1.29, 1.82) is 0 Å². The van der Waals surface area contributed by atoms with Crippen molar-refractivity contribution < 1.29 is 4.79 Å². The first-order chi connectivity index (χ1) is 11.2. The SMILES string of the molecule is CC(c1ccccc1)N(C)C(=O)CN1CCCC1c1cccs1. The lowest BCUT2D eigenvalue weighted by molar-refractivity contribution is -0.133. The van der Waals surface area contributed by atoms with E-state index < -0.39 is 0 Å². The summed E-state index contributed by atoms with van der Waals surface area (Å²) in [6, 6.07) is 15.0. The second-order valence-electron chi connectivity index (χ2n) is 6.24. The van der Waals surface area contributed by atoms with Gasteiger partial charge in [0.15, 0.2) is 0 Å². The molecule has 1 saturated heterocycles. The van der Waals surface area contributed by atoms with E-state index in [0.29, 0.717) is 12.6 Å². The Balaban J connectivity index is 1.64. The Kier molecular flexibility index (Phi) is 5.13. The normalized spacial score (nSPS) is 19.7. The second kappa shape index (κ2) is 7.28. The predicted molar refractivity (Wildman–Crippen MR) is 95.5 cm³/mol. The van der Waals surface area contributed by atoms with Gasteiger partial charge in [0.1, 0.15) is 0 Å². The molecule has 2 unspecified atom stereocenters. The molecule has 0 N–H and O–H groups in total. The van der Waals surface area contributed by atoms with Gasteiger partial charge in [0.2, 0.25) is 5.91 Å². The highest BCUT2D eigenvalue weighted by molar-refractivity contribution is 7.10. The number of amides is 1. The number of hydrogen-bond donors (Lipinski definition) is 0. The minimum Gasteiger partial charge on any atom is -0.338 e. The van der Waals surface area contributed by atoms with Crippen LogP contribution in [0, 0.1) is 0 Å². The quantitative estimate of drug-likeness (QED) is 0.825. The molecule has 1 amide bonds. The number of carbonyl (C=O) groups is 1. The van der Waals surface area contributed by atoms with Crippen LogP contribution in [0.3, 0.4) is 0 Å². The summed E-state index contributed by atoms with van der Waals surface area (Å²) < 4.78 is 0. The Labute approximate surface area is 142 Å². The number of likely N-dealkylation sites (tertiary alicyclic amines) is 1. The van der Waals surface area contributed by atoms with Crippen LogP contribution in [-0.4, -0.2) is 35.8 Å². The van der Waals surface area contributed by atoms with Crippen molar-refractivity contribution in [3.63, 3.8) is 0 Å². The molecule has 1 fully saturated rings. The molecule has 3 nitrogen and oxygen atoms in total. The zero-order valence-electron chi connectivity index (χ0n) is 13.8. The first kappa shape index (κ1) is 16.2. The van der Waals surface area contributed by atoms with E-state index in [0.717, 1.165) is 13.0 Å². The van der Waals surface area contributed by atoms with Crippen LogP contribution in [-0.2, 0) is 4.79 Å². The molecule has 122 valence electrons. The lowest BCUT2D eigenvalue weighted by Gasteiger charge is -2.29. The Morgan fingerprint density at radius 3 is 2.78 bits per heavy atom. The molecular formula is C19H24N2OS. The van der Waals surface area contributed by atoms with Crippen LogP contribution in [0.2, 0.25) is 0 Å². The molecule has 1 aliphatic rings. The van der Waals surface area contributed by atoms with Crippen molar-refractivity contribution in [1.82, 2.24) is 9.80 Å². The van der Waals surface area contributed by atoms with Crippen LogP contribution >= 0.6 is 11.3 Å². The summed E-state index contributed by atoms with van der Waals surface area (Å²) in [5.74, 6) is 0.199. The van der Waals surface area contributed by atoms with Crippen molar-refractivity contribution in [2.75, 3.05) is 20.1 Å². The number of benzene rings is 1. The maximum atomic E-state index is 12.7. The molecule has 0 bridgehead atoms. The standard InChI is InChI=1S/C19H24N2OS/c1-15(16-8-4-3-5-9-16)20(2)19(22)14-21-12-6-10-17(21)18-11-7-13-23-18/h3-5,7-9,11,13,15,17H,6,10,12,14H2,1-2H3. The van der Waals surface area contributed by atoms with Crippen molar-refractivity contribution in [2.45, 2.75) is 31.8 Å². The van der Waals surface area contributed by atoms with Crippen LogP contribution in [0.1, 0.15) is 42.3 Å². The molecule has 2 atom stereocenters. The third-order valence-electron chi connectivity index (χ3n) is 4.83. The molecule has 0 saturated carbocycles. The molecule has 2 aromatic rings. The van der Waals surface area contributed by atoms with Crippen LogP contribution in [0.25, 0.3) is 0 Å². The maximum absolute atomic E-state index is 12.7. The number of nitrogens with zero attached hydrogens (tertiary/aromatic N) is 2. The highest BCUT2D eigenvalue weighted by Crippen LogP contribution is 2.34. The third kappa shape index (κ3) is 3.65. The molecule has 1 aromatic carbocycles. The number of likely N-dealkylation sites (N-methyl/N-ethyl adjacent to an activating group) is 1. The second-order valence-corrected chi connectivity index (χ2v) is 7.21. The van der Waals surface area contributed by atoms with Gasteiger partial charge in [-0.2, -0.15) is 0 Å². The average molecular weight is 328 g/mol. The van der Waals surface area contributed by atoms with E-state index in [2.05, 4.69) is 41.5 Å². The number of rotatable bonds is 5. The third-order valence-corrected chi connectivity index (χ3v) is 5.80. The van der Waals surface area contributed by atoms with E-state index in [9.17, 15) is 4.79 Å². The average Bonchev–Trinajstić information content (AvgIpc) is 3.25. The fourth-order valence-corrected chi connectivity index (χ4v) is 4.17. The number of carbonyl (C=O) groups excluding carboxylic acids is 1. The molecule has 1 aromatic heterocycles. The summed E-state index contributed by atoms with van der Waals surface area (Å²) in [5, 5.41) is 2.12. The van der Waals surface area contributed by atoms with Crippen molar-refractivity contribution >= 4 is 17.2 Å². The van der Waals surface area contributed by atoms with Gasteiger partial charge in [0.05, 0.1) is 12.6 Å². The summed E-state index contributed by atoms with van der Waals surface area (Å²) >= 11 is 1.80. The Morgan fingerprint density at radius 1 is 1.30 bits per heavy atom. The molecule has 3 rings (SSSR count). The van der Waals surface area contributed by atoms with E-state index in [1.165, 1.54) is 16.9 Å². The molecular weight excluding hydrogens is 304 g/mol. The lowest BCUT2D eigenvalue weighted by Crippen LogP contribution is -2.39. The minimum absolute atomic E-state index is 0.103. The van der Waals surface area contributed by atoms with Gasteiger partial charge in [0.25, 0.3) is 0 Å². The zero-order chi connectivity index (χ0) is 16.2. The van der Waals surface area contributed by atoms with E-state index in [1.54, 1.807) is 11.3 Å². The fourth-order valence-electron chi connectivity index (χ4n) is 3.27. The molecule has 4 heteroatoms. The molecule has 1 aliphatic heterocycles. The largest absolute Gasteiger partial charge is 0.338 e. The van der Waals surface area contributed by atoms with Gasteiger partial charge in [-0.1, -0.05) is 36.4 Å². The Hall–Kier alpha value is -1.65.